The Morgan fingerprint density at radius 1 is 1.53 bits per heavy atom. The van der Waals surface area contributed by atoms with Crippen molar-refractivity contribution in [2.75, 3.05) is 6.54 Å². The Labute approximate surface area is 114 Å². The topological polar surface area (TPSA) is 83.8 Å². The molecule has 0 aliphatic heterocycles. The Bertz CT molecular complexity index is 424. The van der Waals surface area contributed by atoms with Crippen molar-refractivity contribution in [2.45, 2.75) is 46.6 Å². The molecule has 1 unspecified atom stereocenters. The third-order valence-electron chi connectivity index (χ3n) is 3.42. The number of furan rings is 1. The maximum absolute atomic E-state index is 8.70. The first-order chi connectivity index (χ1) is 8.86. The zero-order valence-electron chi connectivity index (χ0n) is 12.2. The number of oxime groups is 1. The molecule has 108 valence electrons. The van der Waals surface area contributed by atoms with Crippen LogP contribution in [0.3, 0.4) is 0 Å². The van der Waals surface area contributed by atoms with Gasteiger partial charge in [-0.2, -0.15) is 0 Å². The number of nitrogens with zero attached hydrogens (tertiary/aromatic N) is 1. The number of nitrogens with two attached hydrogens (primary N) is 1. The van der Waals surface area contributed by atoms with Crippen molar-refractivity contribution >= 4 is 5.84 Å². The van der Waals surface area contributed by atoms with Gasteiger partial charge in [0.15, 0.2) is 0 Å². The van der Waals surface area contributed by atoms with Gasteiger partial charge in [-0.05, 0) is 45.4 Å². The molecule has 1 atom stereocenters. The van der Waals surface area contributed by atoms with Gasteiger partial charge < -0.3 is 20.7 Å². The number of hydrogen-bond acceptors (Lipinski definition) is 4. The number of amidine groups is 1. The normalized spacial score (nSPS) is 14.6. The summed E-state index contributed by atoms with van der Waals surface area (Å²) in [5.74, 6) is 2.16. The van der Waals surface area contributed by atoms with Gasteiger partial charge in [0.1, 0.15) is 17.4 Å². The molecule has 19 heavy (non-hydrogen) atoms. The van der Waals surface area contributed by atoms with E-state index in [1.54, 1.807) is 0 Å². The molecular weight excluding hydrogens is 242 g/mol. The summed E-state index contributed by atoms with van der Waals surface area (Å²) in [6.45, 7) is 8.83. The van der Waals surface area contributed by atoms with Gasteiger partial charge in [-0.15, -0.1) is 0 Å². The number of rotatable bonds is 7. The van der Waals surface area contributed by atoms with Crippen LogP contribution in [0.15, 0.2) is 21.7 Å². The molecular formula is C14H25N3O2. The van der Waals surface area contributed by atoms with Crippen LogP contribution in [0, 0.1) is 12.3 Å². The fourth-order valence-corrected chi connectivity index (χ4v) is 1.90. The predicted octanol–water partition coefficient (Wildman–Crippen LogP) is 2.79. The van der Waals surface area contributed by atoms with Crippen LogP contribution in [0.2, 0.25) is 0 Å². The van der Waals surface area contributed by atoms with Crippen molar-refractivity contribution < 1.29 is 9.62 Å². The SMILES string of the molecule is Cc1ccc(C(C)NCCCC(C)(C)C(N)=NO)o1. The first-order valence-corrected chi connectivity index (χ1v) is 6.64. The maximum atomic E-state index is 8.70. The first kappa shape index (κ1) is 15.6. The van der Waals surface area contributed by atoms with E-state index in [1.807, 2.05) is 32.9 Å². The first-order valence-electron chi connectivity index (χ1n) is 6.64. The molecule has 5 nitrogen and oxygen atoms in total. The van der Waals surface area contributed by atoms with Gasteiger partial charge in [0, 0.05) is 5.41 Å². The Hall–Kier alpha value is -1.49. The molecule has 0 bridgehead atoms. The molecule has 1 heterocycles. The van der Waals surface area contributed by atoms with E-state index in [2.05, 4.69) is 17.4 Å². The third-order valence-corrected chi connectivity index (χ3v) is 3.42. The summed E-state index contributed by atoms with van der Waals surface area (Å²) in [6.07, 6.45) is 1.81. The van der Waals surface area contributed by atoms with E-state index in [0.29, 0.717) is 0 Å². The minimum Gasteiger partial charge on any atom is -0.465 e. The van der Waals surface area contributed by atoms with Crippen LogP contribution >= 0.6 is 0 Å². The van der Waals surface area contributed by atoms with Gasteiger partial charge in [0.05, 0.1) is 6.04 Å². The Morgan fingerprint density at radius 2 is 2.21 bits per heavy atom. The summed E-state index contributed by atoms with van der Waals surface area (Å²) in [4.78, 5) is 0. The summed E-state index contributed by atoms with van der Waals surface area (Å²) < 4.78 is 5.56. The summed E-state index contributed by atoms with van der Waals surface area (Å²) in [5.41, 5.74) is 5.37. The highest BCUT2D eigenvalue weighted by Gasteiger charge is 2.22. The monoisotopic (exact) mass is 267 g/mol. The lowest BCUT2D eigenvalue weighted by Crippen LogP contribution is -2.32. The lowest BCUT2D eigenvalue weighted by atomic mass is 9.86. The lowest BCUT2D eigenvalue weighted by Gasteiger charge is -2.23. The third kappa shape index (κ3) is 4.59. The van der Waals surface area contributed by atoms with Gasteiger partial charge >= 0.3 is 0 Å². The number of hydrogen-bond donors (Lipinski definition) is 3. The van der Waals surface area contributed by atoms with E-state index in [1.165, 1.54) is 0 Å². The van der Waals surface area contributed by atoms with Crippen LogP contribution in [0.25, 0.3) is 0 Å². The van der Waals surface area contributed by atoms with Crippen LogP contribution in [0.1, 0.15) is 51.2 Å². The summed E-state index contributed by atoms with van der Waals surface area (Å²) >= 11 is 0. The van der Waals surface area contributed by atoms with Crippen molar-refractivity contribution in [3.8, 4) is 0 Å². The fraction of sp³-hybridized carbons (Fsp3) is 0.643. The zero-order chi connectivity index (χ0) is 14.5. The van der Waals surface area contributed by atoms with E-state index in [0.717, 1.165) is 30.9 Å². The van der Waals surface area contributed by atoms with E-state index < -0.39 is 0 Å². The molecule has 1 rings (SSSR count). The van der Waals surface area contributed by atoms with E-state index in [4.69, 9.17) is 15.4 Å². The Balaban J connectivity index is 2.31. The average molecular weight is 267 g/mol. The molecule has 0 spiro atoms. The second-order valence-electron chi connectivity index (χ2n) is 5.60. The van der Waals surface area contributed by atoms with Crippen molar-refractivity contribution in [3.63, 3.8) is 0 Å². The van der Waals surface area contributed by atoms with Gasteiger partial charge in [-0.1, -0.05) is 19.0 Å². The van der Waals surface area contributed by atoms with Gasteiger partial charge in [-0.25, -0.2) is 0 Å². The van der Waals surface area contributed by atoms with Gasteiger partial charge in [0.25, 0.3) is 0 Å². The highest BCUT2D eigenvalue weighted by Crippen LogP contribution is 2.22. The van der Waals surface area contributed by atoms with Crippen LogP contribution in [-0.4, -0.2) is 17.6 Å². The van der Waals surface area contributed by atoms with Gasteiger partial charge in [-0.3, -0.25) is 0 Å². The molecule has 0 amide bonds. The van der Waals surface area contributed by atoms with Crippen LogP contribution in [0.5, 0.6) is 0 Å². The van der Waals surface area contributed by atoms with E-state index in [9.17, 15) is 0 Å². The van der Waals surface area contributed by atoms with Crippen LogP contribution < -0.4 is 11.1 Å². The summed E-state index contributed by atoms with van der Waals surface area (Å²) in [7, 11) is 0. The standard InChI is InChI=1S/C14H25N3O2/c1-10-6-7-12(19-10)11(2)16-9-5-8-14(3,4)13(15)17-18/h6-7,11,16,18H,5,8-9H2,1-4H3,(H2,15,17). The molecule has 0 saturated heterocycles. The molecule has 0 saturated carbocycles. The lowest BCUT2D eigenvalue weighted by molar-refractivity contribution is 0.304. The van der Waals surface area contributed by atoms with Crippen molar-refractivity contribution in [2.24, 2.45) is 16.3 Å². The highest BCUT2D eigenvalue weighted by atomic mass is 16.4. The van der Waals surface area contributed by atoms with Crippen molar-refractivity contribution in [3.05, 3.63) is 23.7 Å². The van der Waals surface area contributed by atoms with E-state index >= 15 is 0 Å². The smallest absolute Gasteiger partial charge is 0.144 e. The molecule has 0 aliphatic carbocycles. The zero-order valence-corrected chi connectivity index (χ0v) is 12.2. The number of nitrogens with one attached hydrogen (secondary N) is 1. The largest absolute Gasteiger partial charge is 0.465 e. The summed E-state index contributed by atoms with van der Waals surface area (Å²) in [6, 6.07) is 4.16. The van der Waals surface area contributed by atoms with Crippen molar-refractivity contribution in [1.82, 2.24) is 5.32 Å². The minimum atomic E-state index is -0.277. The second kappa shape index (κ2) is 6.61. The molecule has 0 aromatic carbocycles. The maximum Gasteiger partial charge on any atom is 0.144 e. The molecule has 5 heteroatoms. The van der Waals surface area contributed by atoms with Crippen molar-refractivity contribution in [1.29, 1.82) is 0 Å². The molecule has 0 aliphatic rings. The molecule has 4 N–H and O–H groups in total. The molecule has 1 aromatic rings. The van der Waals surface area contributed by atoms with Gasteiger partial charge in [0.2, 0.25) is 0 Å². The molecule has 0 radical (unpaired) electrons. The Kier molecular flexibility index (Phi) is 5.42. The number of aryl methyl sites for hydroxylation is 1. The van der Waals surface area contributed by atoms with E-state index in [-0.39, 0.29) is 17.3 Å². The predicted molar refractivity (Wildman–Crippen MR) is 76.3 cm³/mol. The van der Waals surface area contributed by atoms with Crippen LogP contribution in [-0.2, 0) is 0 Å². The molecule has 0 fully saturated rings. The fourth-order valence-electron chi connectivity index (χ4n) is 1.90. The average Bonchev–Trinajstić information content (AvgIpc) is 2.80. The minimum absolute atomic E-state index is 0.195. The second-order valence-corrected chi connectivity index (χ2v) is 5.60. The highest BCUT2D eigenvalue weighted by molar-refractivity contribution is 5.85. The quantitative estimate of drug-likeness (QED) is 0.233. The molecule has 1 aromatic heterocycles. The summed E-state index contributed by atoms with van der Waals surface area (Å²) in [5, 5.41) is 15.2. The van der Waals surface area contributed by atoms with Crippen LogP contribution in [0.4, 0.5) is 0 Å². The Morgan fingerprint density at radius 3 is 2.74 bits per heavy atom.